The van der Waals surface area contributed by atoms with Crippen LogP contribution in [-0.2, 0) is 32.0 Å². The van der Waals surface area contributed by atoms with E-state index in [1.54, 1.807) is 65.3 Å². The molecule has 1 saturated heterocycles. The molecule has 1 aromatic carbocycles. The van der Waals surface area contributed by atoms with Crippen molar-refractivity contribution in [2.45, 2.75) is 72.6 Å². The van der Waals surface area contributed by atoms with E-state index in [4.69, 9.17) is 25.8 Å². The third-order valence-corrected chi connectivity index (χ3v) is 8.72. The summed E-state index contributed by atoms with van der Waals surface area (Å²) in [5, 5.41) is 8.58. The van der Waals surface area contributed by atoms with Crippen LogP contribution in [0.25, 0.3) is 21.9 Å². The first kappa shape index (κ1) is 36.0. The van der Waals surface area contributed by atoms with Crippen molar-refractivity contribution >= 4 is 57.8 Å². The Kier molecular flexibility index (Phi) is 9.68. The summed E-state index contributed by atoms with van der Waals surface area (Å²) >= 11 is 6.58. The number of anilines is 3. The van der Waals surface area contributed by atoms with E-state index >= 15 is 4.39 Å². The van der Waals surface area contributed by atoms with E-state index in [1.165, 1.54) is 18.6 Å². The Morgan fingerprint density at radius 1 is 1.02 bits per heavy atom. The van der Waals surface area contributed by atoms with Crippen LogP contribution in [0, 0.1) is 18.7 Å². The number of hydrogen-bond donors (Lipinski definition) is 1. The van der Waals surface area contributed by atoms with Gasteiger partial charge in [-0.3, -0.25) is 14.5 Å². The second kappa shape index (κ2) is 13.7. The molecule has 15 heteroatoms. The molecule has 0 spiro atoms. The Morgan fingerprint density at radius 3 is 2.33 bits per heavy atom. The molecule has 4 aromatic rings. The molecule has 0 atom stereocenters. The molecule has 2 aliphatic heterocycles. The van der Waals surface area contributed by atoms with E-state index in [-0.39, 0.29) is 28.7 Å². The zero-order chi connectivity index (χ0) is 36.8. The first-order valence-corrected chi connectivity index (χ1v) is 17.0. The summed E-state index contributed by atoms with van der Waals surface area (Å²) < 4.78 is 34.0. The largest absolute Gasteiger partial charge is 0.443 e. The van der Waals surface area contributed by atoms with Crippen molar-refractivity contribution < 1.29 is 33.0 Å². The lowest BCUT2D eigenvalue weighted by Gasteiger charge is -2.31. The molecule has 270 valence electrons. The van der Waals surface area contributed by atoms with Crippen LogP contribution in [0.2, 0.25) is 5.02 Å². The van der Waals surface area contributed by atoms with Crippen molar-refractivity contribution in [2.75, 3.05) is 36.5 Å². The smallest absolute Gasteiger partial charge is 0.424 e. The molecular weight excluding hydrogens is 681 g/mol. The summed E-state index contributed by atoms with van der Waals surface area (Å²) in [5.41, 5.74) is -0.131. The molecule has 0 aliphatic carbocycles. The standard InChI is InChI=1S/C36H41ClFN7O6/c1-20-25(13-39-15-27(20)45(33(47)50-35(2,3)4)34(48)51-36(5,6)7)24-10-22-11-28(40-14-26(22)31(37)32(24)38)41-29-12-23-8-9-43(16-21-18-49-19-21)30(46)17-44(23)42-29/h10-15,21H,8-9,16-19H2,1-7H3,(H,40,41,42). The third kappa shape index (κ3) is 7.91. The molecule has 1 fully saturated rings. The number of hydrogen-bond acceptors (Lipinski definition) is 10. The van der Waals surface area contributed by atoms with E-state index < -0.39 is 29.2 Å². The maximum atomic E-state index is 16.0. The number of nitrogens with zero attached hydrogens (tertiary/aromatic N) is 6. The van der Waals surface area contributed by atoms with Crippen LogP contribution < -0.4 is 10.2 Å². The average molecular weight is 722 g/mol. The van der Waals surface area contributed by atoms with Gasteiger partial charge in [-0.1, -0.05) is 11.6 Å². The van der Waals surface area contributed by atoms with Crippen LogP contribution in [0.15, 0.2) is 36.8 Å². The van der Waals surface area contributed by atoms with E-state index in [1.807, 2.05) is 11.0 Å². The monoisotopic (exact) mass is 721 g/mol. The Morgan fingerprint density at radius 2 is 1.71 bits per heavy atom. The minimum atomic E-state index is -0.973. The molecule has 3 amide bonds. The number of nitrogens with one attached hydrogen (secondary N) is 1. The highest BCUT2D eigenvalue weighted by molar-refractivity contribution is 6.36. The van der Waals surface area contributed by atoms with Gasteiger partial charge >= 0.3 is 12.2 Å². The highest BCUT2D eigenvalue weighted by Crippen LogP contribution is 2.39. The van der Waals surface area contributed by atoms with Crippen molar-refractivity contribution in [2.24, 2.45) is 5.92 Å². The number of carbonyl (C=O) groups is 3. The second-order valence-electron chi connectivity index (χ2n) is 14.8. The molecule has 6 rings (SSSR count). The molecule has 2 aliphatic rings. The Labute approximate surface area is 300 Å². The van der Waals surface area contributed by atoms with Gasteiger partial charge < -0.3 is 24.4 Å². The summed E-state index contributed by atoms with van der Waals surface area (Å²) in [5.74, 6) is 0.600. The van der Waals surface area contributed by atoms with Gasteiger partial charge in [-0.25, -0.2) is 19.0 Å². The normalized spacial score (nSPS) is 15.2. The third-order valence-electron chi connectivity index (χ3n) is 8.35. The van der Waals surface area contributed by atoms with Crippen LogP contribution in [0.3, 0.4) is 0 Å². The number of carbonyl (C=O) groups excluding carboxylic acids is 3. The predicted molar refractivity (Wildman–Crippen MR) is 190 cm³/mol. The van der Waals surface area contributed by atoms with E-state index in [0.29, 0.717) is 72.2 Å². The molecule has 13 nitrogen and oxygen atoms in total. The summed E-state index contributed by atoms with van der Waals surface area (Å²) in [6.45, 7) is 14.5. The Balaban J connectivity index is 1.30. The highest BCUT2D eigenvalue weighted by atomic mass is 35.5. The fourth-order valence-corrected chi connectivity index (χ4v) is 6.13. The Hall–Kier alpha value is -4.82. The number of ether oxygens (including phenoxy) is 3. The molecule has 5 heterocycles. The van der Waals surface area contributed by atoms with Gasteiger partial charge in [-0.15, -0.1) is 0 Å². The molecule has 3 aromatic heterocycles. The Bertz CT molecular complexity index is 1990. The minimum absolute atomic E-state index is 0.0116. The molecule has 1 N–H and O–H groups in total. The van der Waals surface area contributed by atoms with Crippen molar-refractivity contribution in [1.29, 1.82) is 0 Å². The van der Waals surface area contributed by atoms with Gasteiger partial charge in [0.05, 0.1) is 30.1 Å². The van der Waals surface area contributed by atoms with Gasteiger partial charge in [0, 0.05) is 66.1 Å². The lowest BCUT2D eigenvalue weighted by atomic mass is 9.98. The lowest BCUT2D eigenvalue weighted by molar-refractivity contribution is -0.135. The molecule has 0 saturated carbocycles. The zero-order valence-electron chi connectivity index (χ0n) is 29.7. The lowest BCUT2D eigenvalue weighted by Crippen LogP contribution is -2.44. The van der Waals surface area contributed by atoms with Gasteiger partial charge in [0.25, 0.3) is 0 Å². The van der Waals surface area contributed by atoms with Crippen LogP contribution in [-0.4, -0.2) is 80.2 Å². The van der Waals surface area contributed by atoms with E-state index in [0.717, 1.165) is 10.6 Å². The summed E-state index contributed by atoms with van der Waals surface area (Å²) in [6.07, 6.45) is 2.93. The number of rotatable bonds is 6. The fraction of sp³-hybridized carbons (Fsp3) is 0.444. The number of amides is 3. The average Bonchev–Trinajstić information content (AvgIpc) is 3.30. The van der Waals surface area contributed by atoms with Gasteiger partial charge in [-0.05, 0) is 71.5 Å². The number of pyridine rings is 2. The van der Waals surface area contributed by atoms with Crippen LogP contribution >= 0.6 is 11.6 Å². The van der Waals surface area contributed by atoms with Crippen molar-refractivity contribution in [3.05, 3.63) is 58.9 Å². The zero-order valence-corrected chi connectivity index (χ0v) is 30.4. The van der Waals surface area contributed by atoms with Crippen molar-refractivity contribution in [1.82, 2.24) is 24.6 Å². The van der Waals surface area contributed by atoms with Crippen LogP contribution in [0.1, 0.15) is 52.8 Å². The highest BCUT2D eigenvalue weighted by Gasteiger charge is 2.35. The van der Waals surface area contributed by atoms with Crippen LogP contribution in [0.4, 0.5) is 31.3 Å². The quantitative estimate of drug-likeness (QED) is 0.220. The fourth-order valence-electron chi connectivity index (χ4n) is 5.87. The molecule has 51 heavy (non-hydrogen) atoms. The van der Waals surface area contributed by atoms with Gasteiger partial charge in [0.2, 0.25) is 5.91 Å². The summed E-state index contributed by atoms with van der Waals surface area (Å²) in [7, 11) is 0. The van der Waals surface area contributed by atoms with E-state index in [2.05, 4.69) is 20.4 Å². The van der Waals surface area contributed by atoms with Crippen molar-refractivity contribution in [3.63, 3.8) is 0 Å². The second-order valence-corrected chi connectivity index (χ2v) is 15.1. The maximum absolute atomic E-state index is 16.0. The number of fused-ring (bicyclic) bond motifs is 2. The molecule has 0 radical (unpaired) electrons. The first-order chi connectivity index (χ1) is 24.0. The van der Waals surface area contributed by atoms with Gasteiger partial charge in [0.15, 0.2) is 5.82 Å². The number of imide groups is 1. The molecule has 0 bridgehead atoms. The van der Waals surface area contributed by atoms with Gasteiger partial charge in [-0.2, -0.15) is 10.00 Å². The summed E-state index contributed by atoms with van der Waals surface area (Å²) in [6, 6.07) is 5.20. The molecular formula is C36H41ClFN7O6. The first-order valence-electron chi connectivity index (χ1n) is 16.7. The molecule has 0 unspecified atom stereocenters. The predicted octanol–water partition coefficient (Wildman–Crippen LogP) is 7.05. The SMILES string of the molecule is Cc1c(-c2cc3cc(Nc4cc5n(n4)CC(=O)N(CC4COC4)CC5)ncc3c(Cl)c2F)cncc1N(C(=O)OC(C)(C)C)C(=O)OC(C)(C)C. The number of benzene rings is 1. The van der Waals surface area contributed by atoms with Gasteiger partial charge in [0.1, 0.15) is 29.4 Å². The summed E-state index contributed by atoms with van der Waals surface area (Å²) in [4.78, 5) is 51.0. The minimum Gasteiger partial charge on any atom is -0.443 e. The topological polar surface area (TPSA) is 141 Å². The van der Waals surface area contributed by atoms with Crippen molar-refractivity contribution in [3.8, 4) is 11.1 Å². The number of aromatic nitrogens is 4. The maximum Gasteiger partial charge on any atom is 0.424 e. The number of halogens is 2. The van der Waals surface area contributed by atoms with Crippen LogP contribution in [0.5, 0.6) is 0 Å². The van der Waals surface area contributed by atoms with E-state index in [9.17, 15) is 14.4 Å².